The Bertz CT molecular complexity index is 803. The van der Waals surface area contributed by atoms with Crippen molar-refractivity contribution in [2.75, 3.05) is 0 Å². The minimum Gasteiger partial charge on any atom is -0.371 e. The van der Waals surface area contributed by atoms with E-state index in [9.17, 15) is 13.2 Å². The van der Waals surface area contributed by atoms with Gasteiger partial charge in [0.15, 0.2) is 0 Å². The van der Waals surface area contributed by atoms with Gasteiger partial charge in [-0.3, -0.25) is 4.79 Å². The smallest absolute Gasteiger partial charge is 0.371 e. The molecule has 0 radical (unpaired) electrons. The summed E-state index contributed by atoms with van der Waals surface area (Å²) in [4.78, 5) is 12.3. The van der Waals surface area contributed by atoms with Crippen molar-refractivity contribution in [2.24, 2.45) is 22.4 Å². The maximum absolute atomic E-state index is 12.3. The minimum absolute atomic E-state index is 0.116. The van der Waals surface area contributed by atoms with Crippen LogP contribution in [0.5, 0.6) is 5.75 Å². The van der Waals surface area contributed by atoms with E-state index in [2.05, 4.69) is 6.92 Å². The van der Waals surface area contributed by atoms with Crippen LogP contribution in [-0.4, -0.2) is 14.2 Å². The molecule has 2 saturated carbocycles. The molecule has 0 saturated heterocycles. The number of rotatable bonds is 2. The van der Waals surface area contributed by atoms with Crippen LogP contribution in [0.25, 0.3) is 0 Å². The van der Waals surface area contributed by atoms with Gasteiger partial charge in [0.1, 0.15) is 11.5 Å². The number of aryl methyl sites for hydroxylation is 1. The molecule has 0 spiro atoms. The molecule has 24 heavy (non-hydrogen) atoms. The summed E-state index contributed by atoms with van der Waals surface area (Å²) >= 11 is 0. The molecule has 0 aromatic heterocycles. The van der Waals surface area contributed by atoms with Crippen molar-refractivity contribution < 1.29 is 17.4 Å². The van der Waals surface area contributed by atoms with Crippen LogP contribution in [-0.2, 0) is 21.5 Å². The molecule has 4 rings (SSSR count). The molecule has 0 amide bonds. The molecule has 6 heteroatoms. The van der Waals surface area contributed by atoms with E-state index in [1.807, 2.05) is 12.1 Å². The quantitative estimate of drug-likeness (QED) is 0.889. The predicted octanol–water partition coefficient (Wildman–Crippen LogP) is 2.69. The second-order valence-corrected chi connectivity index (χ2v) is 8.92. The first-order valence-electron chi connectivity index (χ1n) is 8.66. The van der Waals surface area contributed by atoms with E-state index in [1.54, 1.807) is 6.07 Å². The summed E-state index contributed by atoms with van der Waals surface area (Å²) in [5.74, 6) is 2.27. The standard InChI is InChI=1S/C18H23NO4S/c1-18-9-8-14-13-5-3-12(23-24(19,21)22)10-11(13)2-4-15(14)16(18)6-7-17(18)20/h3,5,10,14-16H,2,4,6-9H2,1H3,(H2,19,21,22)/t14?,15-,16?,18+/m1/s1. The lowest BCUT2D eigenvalue weighted by molar-refractivity contribution is -0.129. The Balaban J connectivity index is 1.65. The van der Waals surface area contributed by atoms with Crippen molar-refractivity contribution in [1.29, 1.82) is 0 Å². The van der Waals surface area contributed by atoms with Crippen molar-refractivity contribution >= 4 is 16.1 Å². The Labute approximate surface area is 142 Å². The topological polar surface area (TPSA) is 86.5 Å². The summed E-state index contributed by atoms with van der Waals surface area (Å²) in [6.07, 6.45) is 5.72. The van der Waals surface area contributed by atoms with Gasteiger partial charge in [-0.2, -0.15) is 13.6 Å². The number of benzene rings is 1. The van der Waals surface area contributed by atoms with Crippen molar-refractivity contribution in [3.63, 3.8) is 0 Å². The zero-order valence-corrected chi connectivity index (χ0v) is 14.6. The molecule has 0 bridgehead atoms. The number of hydrogen-bond donors (Lipinski definition) is 1. The van der Waals surface area contributed by atoms with E-state index < -0.39 is 10.3 Å². The molecule has 5 nitrogen and oxygen atoms in total. The Morgan fingerprint density at radius 1 is 1.21 bits per heavy atom. The molecule has 2 fully saturated rings. The van der Waals surface area contributed by atoms with Crippen molar-refractivity contribution in [1.82, 2.24) is 0 Å². The van der Waals surface area contributed by atoms with Gasteiger partial charge in [0.25, 0.3) is 0 Å². The highest BCUT2D eigenvalue weighted by molar-refractivity contribution is 7.84. The van der Waals surface area contributed by atoms with E-state index >= 15 is 0 Å². The van der Waals surface area contributed by atoms with Crippen LogP contribution in [0.15, 0.2) is 18.2 Å². The maximum Gasteiger partial charge on any atom is 0.380 e. The third kappa shape index (κ3) is 2.47. The average Bonchev–Trinajstić information content (AvgIpc) is 2.81. The van der Waals surface area contributed by atoms with E-state index in [4.69, 9.17) is 9.32 Å². The fraction of sp³-hybridized carbons (Fsp3) is 0.611. The first-order chi connectivity index (χ1) is 11.3. The Morgan fingerprint density at radius 3 is 2.75 bits per heavy atom. The minimum atomic E-state index is -3.99. The van der Waals surface area contributed by atoms with Crippen molar-refractivity contribution in [3.05, 3.63) is 29.3 Å². The molecule has 1 aromatic carbocycles. The lowest BCUT2D eigenvalue weighted by Gasteiger charge is -2.48. The lowest BCUT2D eigenvalue weighted by Crippen LogP contribution is -2.42. The Kier molecular flexibility index (Phi) is 3.55. The monoisotopic (exact) mass is 349 g/mol. The number of hydrogen-bond acceptors (Lipinski definition) is 4. The Hall–Kier alpha value is -1.40. The maximum atomic E-state index is 12.3. The molecule has 130 valence electrons. The molecule has 3 aliphatic carbocycles. The number of fused-ring (bicyclic) bond motifs is 5. The SMILES string of the molecule is C[C@]12CCC3c4ccc(OS(N)(=O)=O)cc4CC[C@H]3C1CCC2=O. The second kappa shape index (κ2) is 5.30. The van der Waals surface area contributed by atoms with Gasteiger partial charge in [-0.15, -0.1) is 0 Å². The summed E-state index contributed by atoms with van der Waals surface area (Å²) < 4.78 is 27.0. The third-order valence-electron chi connectivity index (χ3n) is 6.62. The van der Waals surface area contributed by atoms with Crippen molar-refractivity contribution in [2.45, 2.75) is 51.4 Å². The van der Waals surface area contributed by atoms with E-state index in [1.165, 1.54) is 5.56 Å². The first-order valence-corrected chi connectivity index (χ1v) is 10.1. The van der Waals surface area contributed by atoms with E-state index in [0.717, 1.165) is 44.1 Å². The van der Waals surface area contributed by atoms with Crippen LogP contribution >= 0.6 is 0 Å². The number of carbonyl (C=O) groups excluding carboxylic acids is 1. The Morgan fingerprint density at radius 2 is 2.00 bits per heavy atom. The van der Waals surface area contributed by atoms with Gasteiger partial charge in [0, 0.05) is 11.8 Å². The molecular weight excluding hydrogens is 326 g/mol. The molecule has 3 aliphatic rings. The van der Waals surface area contributed by atoms with Crippen LogP contribution in [0.4, 0.5) is 0 Å². The summed E-state index contributed by atoms with van der Waals surface area (Å²) in [5, 5.41) is 4.95. The number of ketones is 1. The highest BCUT2D eigenvalue weighted by atomic mass is 32.2. The molecule has 0 heterocycles. The van der Waals surface area contributed by atoms with Crippen LogP contribution in [0.3, 0.4) is 0 Å². The van der Waals surface area contributed by atoms with Gasteiger partial charge in [-0.05, 0) is 73.1 Å². The zero-order valence-electron chi connectivity index (χ0n) is 13.8. The zero-order chi connectivity index (χ0) is 17.1. The van der Waals surface area contributed by atoms with Gasteiger partial charge in [-0.25, -0.2) is 0 Å². The molecule has 2 N–H and O–H groups in total. The number of Topliss-reactive ketones (excluding diaryl/α,β-unsaturated/α-hetero) is 1. The molecular formula is C18H23NO4S. The lowest BCUT2D eigenvalue weighted by atomic mass is 9.55. The summed E-state index contributed by atoms with van der Waals surface area (Å²) in [7, 11) is -3.99. The fourth-order valence-corrected chi connectivity index (χ4v) is 5.89. The van der Waals surface area contributed by atoms with Gasteiger partial charge in [-0.1, -0.05) is 13.0 Å². The van der Waals surface area contributed by atoms with Gasteiger partial charge < -0.3 is 4.18 Å². The summed E-state index contributed by atoms with van der Waals surface area (Å²) in [6, 6.07) is 5.49. The molecule has 1 aromatic rings. The average molecular weight is 349 g/mol. The van der Waals surface area contributed by atoms with Crippen LogP contribution in [0.1, 0.15) is 56.1 Å². The van der Waals surface area contributed by atoms with Gasteiger partial charge >= 0.3 is 10.3 Å². The third-order valence-corrected chi connectivity index (χ3v) is 7.04. The summed E-state index contributed by atoms with van der Waals surface area (Å²) in [5.41, 5.74) is 2.34. The van der Waals surface area contributed by atoms with Crippen molar-refractivity contribution in [3.8, 4) is 5.75 Å². The second-order valence-electron chi connectivity index (χ2n) is 7.77. The van der Waals surface area contributed by atoms with Crippen LogP contribution in [0, 0.1) is 17.3 Å². The highest BCUT2D eigenvalue weighted by Gasteiger charge is 2.54. The molecule has 0 aliphatic heterocycles. The fourth-order valence-electron chi connectivity index (χ4n) is 5.52. The summed E-state index contributed by atoms with van der Waals surface area (Å²) in [6.45, 7) is 2.17. The predicted molar refractivity (Wildman–Crippen MR) is 89.8 cm³/mol. The highest BCUT2D eigenvalue weighted by Crippen LogP contribution is 2.59. The largest absolute Gasteiger partial charge is 0.380 e. The molecule has 4 atom stereocenters. The van der Waals surface area contributed by atoms with E-state index in [-0.39, 0.29) is 11.2 Å². The number of carbonyl (C=O) groups is 1. The number of nitrogens with two attached hydrogens (primary N) is 1. The van der Waals surface area contributed by atoms with Gasteiger partial charge in [0.05, 0.1) is 0 Å². The van der Waals surface area contributed by atoms with Crippen LogP contribution in [0.2, 0.25) is 0 Å². The van der Waals surface area contributed by atoms with Crippen LogP contribution < -0.4 is 9.32 Å². The normalized spacial score (nSPS) is 35.1. The van der Waals surface area contributed by atoms with E-state index in [0.29, 0.717) is 23.5 Å². The van der Waals surface area contributed by atoms with Gasteiger partial charge in [0.2, 0.25) is 0 Å². The first kappa shape index (κ1) is 16.1. The molecule has 2 unspecified atom stereocenters.